The molecule has 31 heavy (non-hydrogen) atoms. The lowest BCUT2D eigenvalue weighted by Crippen LogP contribution is -2.58. The highest BCUT2D eigenvalue weighted by molar-refractivity contribution is 6.16. The maximum atomic E-state index is 14.1. The van der Waals surface area contributed by atoms with Gasteiger partial charge in [-0.1, -0.05) is 6.07 Å². The molecule has 1 aromatic carbocycles. The Kier molecular flexibility index (Phi) is 4.72. The van der Waals surface area contributed by atoms with E-state index in [1.54, 1.807) is 6.92 Å². The molecule has 2 aromatic heterocycles. The van der Waals surface area contributed by atoms with Gasteiger partial charge in [-0.15, -0.1) is 0 Å². The van der Waals surface area contributed by atoms with E-state index in [0.717, 1.165) is 18.2 Å². The summed E-state index contributed by atoms with van der Waals surface area (Å²) in [6, 6.07) is 1.74. The van der Waals surface area contributed by atoms with E-state index in [4.69, 9.17) is 0 Å². The number of H-pyrrole nitrogens is 1. The van der Waals surface area contributed by atoms with Gasteiger partial charge in [-0.3, -0.25) is 20.2 Å². The van der Waals surface area contributed by atoms with Gasteiger partial charge in [-0.25, -0.2) is 23.4 Å². The van der Waals surface area contributed by atoms with Gasteiger partial charge in [0.05, 0.1) is 0 Å². The van der Waals surface area contributed by atoms with Gasteiger partial charge in [0, 0.05) is 13.8 Å². The molecule has 1 saturated heterocycles. The van der Waals surface area contributed by atoms with Crippen molar-refractivity contribution in [3.63, 3.8) is 0 Å². The summed E-state index contributed by atoms with van der Waals surface area (Å²) in [7, 11) is 0. The fraction of sp³-hybridized carbons (Fsp3) is 0.222. The third-order valence-electron chi connectivity index (χ3n) is 5.17. The van der Waals surface area contributed by atoms with Crippen LogP contribution in [0.15, 0.2) is 24.5 Å². The Morgan fingerprint density at radius 3 is 2.39 bits per heavy atom. The number of rotatable bonds is 4. The predicted molar refractivity (Wildman–Crippen MR) is 97.5 cm³/mol. The van der Waals surface area contributed by atoms with Crippen molar-refractivity contribution in [3.8, 4) is 5.95 Å². The quantitative estimate of drug-likeness (QED) is 0.306. The normalized spacial score (nSPS) is 15.7. The van der Waals surface area contributed by atoms with Crippen LogP contribution in [-0.4, -0.2) is 37.6 Å². The minimum absolute atomic E-state index is 0.0357. The van der Waals surface area contributed by atoms with Crippen LogP contribution in [0.25, 0.3) is 5.95 Å². The molecular formula is C18H15F2N7O4. The van der Waals surface area contributed by atoms with Crippen LogP contribution in [0.5, 0.6) is 0 Å². The molecule has 0 aliphatic carbocycles. The zero-order valence-corrected chi connectivity index (χ0v) is 16.1. The Bertz CT molecular complexity index is 1200. The van der Waals surface area contributed by atoms with Crippen LogP contribution in [0.4, 0.5) is 13.6 Å². The highest BCUT2D eigenvalue weighted by atomic mass is 19.2. The van der Waals surface area contributed by atoms with Gasteiger partial charge in [0.15, 0.2) is 17.3 Å². The van der Waals surface area contributed by atoms with Crippen molar-refractivity contribution in [2.75, 3.05) is 0 Å². The molecule has 1 fully saturated rings. The fourth-order valence-corrected chi connectivity index (χ4v) is 3.61. The summed E-state index contributed by atoms with van der Waals surface area (Å²) in [5, 5.41) is 23.4. The molecule has 0 radical (unpaired) electrons. The second kappa shape index (κ2) is 7.27. The van der Waals surface area contributed by atoms with Crippen LogP contribution >= 0.6 is 0 Å². The third-order valence-corrected chi connectivity index (χ3v) is 5.17. The second-order valence-electron chi connectivity index (χ2n) is 6.90. The summed E-state index contributed by atoms with van der Waals surface area (Å²) in [6.45, 7) is 3.11. The van der Waals surface area contributed by atoms with E-state index in [9.17, 15) is 28.4 Å². The van der Waals surface area contributed by atoms with Gasteiger partial charge >= 0.3 is 12.0 Å². The Balaban J connectivity index is 2.02. The third kappa shape index (κ3) is 3.19. The molecule has 1 atom stereocenters. The SMILES string of the molecule is Cc1c(C)[n+]([O-])c(C(c2ccc(F)c(F)c2)C2C(=O)NC(=O)NC2=O)n1-c1ncn[nH]1. The average molecular weight is 431 g/mol. The summed E-state index contributed by atoms with van der Waals surface area (Å²) >= 11 is 0. The van der Waals surface area contributed by atoms with Crippen LogP contribution in [0, 0.1) is 36.6 Å². The number of aromatic amines is 1. The first-order chi connectivity index (χ1) is 14.7. The van der Waals surface area contributed by atoms with Crippen molar-refractivity contribution in [1.82, 2.24) is 30.4 Å². The molecule has 3 aromatic rings. The van der Waals surface area contributed by atoms with Crippen LogP contribution in [0.2, 0.25) is 0 Å². The summed E-state index contributed by atoms with van der Waals surface area (Å²) in [5.74, 6) is -7.50. The Labute approximate surface area is 172 Å². The number of amides is 4. The van der Waals surface area contributed by atoms with E-state index < -0.39 is 41.3 Å². The molecule has 160 valence electrons. The van der Waals surface area contributed by atoms with Gasteiger partial charge in [-0.2, -0.15) is 14.6 Å². The fourth-order valence-electron chi connectivity index (χ4n) is 3.61. The first-order valence-corrected chi connectivity index (χ1v) is 8.98. The van der Waals surface area contributed by atoms with Crippen LogP contribution in [0.3, 0.4) is 0 Å². The molecule has 13 heteroatoms. The van der Waals surface area contributed by atoms with Crippen LogP contribution in [-0.2, 0) is 9.59 Å². The van der Waals surface area contributed by atoms with E-state index in [1.807, 2.05) is 10.6 Å². The van der Waals surface area contributed by atoms with Crippen molar-refractivity contribution in [3.05, 3.63) is 64.1 Å². The van der Waals surface area contributed by atoms with Gasteiger partial charge < -0.3 is 5.21 Å². The number of barbiturate groups is 1. The topological polar surface area (TPSA) is 149 Å². The molecule has 4 rings (SSSR count). The molecule has 4 amide bonds. The highest BCUT2D eigenvalue weighted by Crippen LogP contribution is 2.35. The van der Waals surface area contributed by atoms with Crippen molar-refractivity contribution in [2.45, 2.75) is 19.8 Å². The molecule has 3 heterocycles. The standard InChI is InChI=1S/C18H15F2N7O4/c1-7-8(2)27(31)16(26(7)17-21-6-22-25-17)12(9-3-4-10(19)11(20)5-9)13-14(28)23-18(30)24-15(13)29/h3-6,12-13H,1-2H3,(H,21,22,25)(H2,23,24,28,29,30). The second-order valence-corrected chi connectivity index (χ2v) is 6.90. The van der Waals surface area contributed by atoms with E-state index in [-0.39, 0.29) is 23.0 Å². The number of nitrogens with zero attached hydrogens (tertiary/aromatic N) is 4. The highest BCUT2D eigenvalue weighted by Gasteiger charge is 2.48. The molecule has 11 nitrogen and oxygen atoms in total. The van der Waals surface area contributed by atoms with Gasteiger partial charge in [0.2, 0.25) is 11.8 Å². The molecule has 1 unspecified atom stereocenters. The summed E-state index contributed by atoms with van der Waals surface area (Å²) in [6.07, 6.45) is 1.19. The molecule has 1 aliphatic rings. The maximum Gasteiger partial charge on any atom is 0.328 e. The first-order valence-electron chi connectivity index (χ1n) is 8.98. The van der Waals surface area contributed by atoms with E-state index in [2.05, 4.69) is 15.2 Å². The van der Waals surface area contributed by atoms with Crippen LogP contribution in [0.1, 0.15) is 28.7 Å². The first kappa shape index (κ1) is 20.1. The molecule has 0 bridgehead atoms. The van der Waals surface area contributed by atoms with E-state index >= 15 is 0 Å². The van der Waals surface area contributed by atoms with Crippen molar-refractivity contribution >= 4 is 17.8 Å². The number of carbonyl (C=O) groups excluding carboxylic acids is 3. The van der Waals surface area contributed by atoms with Crippen molar-refractivity contribution in [2.24, 2.45) is 5.92 Å². The van der Waals surface area contributed by atoms with E-state index in [1.165, 1.54) is 17.8 Å². The number of imide groups is 2. The summed E-state index contributed by atoms with van der Waals surface area (Å²) in [4.78, 5) is 40.8. The molecule has 1 aliphatic heterocycles. The zero-order valence-electron chi connectivity index (χ0n) is 16.1. The van der Waals surface area contributed by atoms with Crippen LogP contribution < -0.4 is 15.4 Å². The number of hydrogen-bond acceptors (Lipinski definition) is 6. The number of hydrogen-bond donors (Lipinski definition) is 3. The maximum absolute atomic E-state index is 14.1. The van der Waals surface area contributed by atoms with Gasteiger partial charge in [0.25, 0.3) is 5.82 Å². The lowest BCUT2D eigenvalue weighted by atomic mass is 9.83. The molecule has 0 spiro atoms. The number of aromatic nitrogens is 5. The zero-order chi connectivity index (χ0) is 22.4. The summed E-state index contributed by atoms with van der Waals surface area (Å²) < 4.78 is 29.5. The predicted octanol–water partition coefficient (Wildman–Crippen LogP) is 0.238. The van der Waals surface area contributed by atoms with Gasteiger partial charge in [0.1, 0.15) is 23.9 Å². The number of imidazole rings is 1. The number of benzene rings is 1. The van der Waals surface area contributed by atoms with Crippen molar-refractivity contribution < 1.29 is 27.9 Å². The lowest BCUT2D eigenvalue weighted by Gasteiger charge is -2.27. The largest absolute Gasteiger partial charge is 0.711 e. The Morgan fingerprint density at radius 2 is 1.81 bits per heavy atom. The monoisotopic (exact) mass is 431 g/mol. The Morgan fingerprint density at radius 1 is 1.13 bits per heavy atom. The lowest BCUT2D eigenvalue weighted by molar-refractivity contribution is -0.621. The smallest absolute Gasteiger partial charge is 0.328 e. The Hall–Kier alpha value is -4.16. The number of halogens is 2. The minimum Gasteiger partial charge on any atom is -0.711 e. The number of urea groups is 1. The number of carbonyl (C=O) groups is 3. The van der Waals surface area contributed by atoms with Crippen molar-refractivity contribution in [1.29, 1.82) is 0 Å². The average Bonchev–Trinajstić information content (AvgIpc) is 3.30. The minimum atomic E-state index is -1.64. The summed E-state index contributed by atoms with van der Waals surface area (Å²) in [5.41, 5.74) is 0.583. The molecule has 3 N–H and O–H groups in total. The van der Waals surface area contributed by atoms with E-state index in [0.29, 0.717) is 10.4 Å². The number of nitrogens with one attached hydrogen (secondary N) is 3. The van der Waals surface area contributed by atoms with Gasteiger partial charge in [-0.05, 0) is 17.7 Å². The molecular weight excluding hydrogens is 416 g/mol. The molecule has 0 saturated carbocycles.